The number of methoxy groups -OCH3 is 3. The quantitative estimate of drug-likeness (QED) is 0.595. The molecular formula is C25H30N4O4. The summed E-state index contributed by atoms with van der Waals surface area (Å²) in [5.74, 6) is 1.88. The molecule has 0 atom stereocenters. The van der Waals surface area contributed by atoms with Crippen LogP contribution in [0.25, 0.3) is 11.3 Å². The molecule has 2 aromatic carbocycles. The number of aryl methyl sites for hydroxylation is 1. The van der Waals surface area contributed by atoms with E-state index in [2.05, 4.69) is 15.1 Å². The molecule has 1 aromatic heterocycles. The Kier molecular flexibility index (Phi) is 6.84. The van der Waals surface area contributed by atoms with Crippen LogP contribution in [0.5, 0.6) is 17.2 Å². The molecule has 1 fully saturated rings. The van der Waals surface area contributed by atoms with E-state index in [4.69, 9.17) is 14.2 Å². The van der Waals surface area contributed by atoms with Gasteiger partial charge in [-0.3, -0.25) is 14.8 Å². The van der Waals surface area contributed by atoms with Gasteiger partial charge < -0.3 is 19.1 Å². The van der Waals surface area contributed by atoms with Gasteiger partial charge in [-0.25, -0.2) is 0 Å². The number of rotatable bonds is 7. The van der Waals surface area contributed by atoms with Crippen molar-refractivity contribution >= 4 is 5.91 Å². The van der Waals surface area contributed by atoms with E-state index < -0.39 is 0 Å². The zero-order chi connectivity index (χ0) is 23.4. The van der Waals surface area contributed by atoms with Crippen LogP contribution in [0.4, 0.5) is 0 Å². The van der Waals surface area contributed by atoms with Crippen LogP contribution < -0.4 is 14.2 Å². The highest BCUT2D eigenvalue weighted by Gasteiger charge is 2.25. The van der Waals surface area contributed by atoms with Gasteiger partial charge in [-0.1, -0.05) is 35.9 Å². The van der Waals surface area contributed by atoms with Gasteiger partial charge in [-0.15, -0.1) is 0 Å². The monoisotopic (exact) mass is 450 g/mol. The summed E-state index contributed by atoms with van der Waals surface area (Å²) < 4.78 is 16.5. The number of nitrogens with zero attached hydrogens (tertiary/aromatic N) is 3. The standard InChI is InChI=1S/C25H30N4O4/c1-17-5-7-18(8-6-17)20-15-21(27-26-20)25(30)29-13-11-28(12-14-29)16-19-9-10-22(31-2)24(33-4)23(19)32-3/h5-10,15H,11-14,16H2,1-4H3,(H,26,27). The third-order valence-electron chi connectivity index (χ3n) is 5.99. The van der Waals surface area contributed by atoms with Gasteiger partial charge in [0.2, 0.25) is 5.75 Å². The topological polar surface area (TPSA) is 79.9 Å². The number of H-pyrrole nitrogens is 1. The molecule has 0 unspecified atom stereocenters. The third-order valence-corrected chi connectivity index (χ3v) is 5.99. The number of nitrogens with one attached hydrogen (secondary N) is 1. The maximum Gasteiger partial charge on any atom is 0.271 e. The number of piperazine rings is 1. The predicted octanol–water partition coefficient (Wildman–Crippen LogP) is 3.37. The van der Waals surface area contributed by atoms with Gasteiger partial charge in [0.05, 0.1) is 27.0 Å². The number of carbonyl (C=O) groups excluding carboxylic acids is 1. The average molecular weight is 451 g/mol. The largest absolute Gasteiger partial charge is 0.493 e. The summed E-state index contributed by atoms with van der Waals surface area (Å²) in [7, 11) is 4.84. The summed E-state index contributed by atoms with van der Waals surface area (Å²) in [5, 5.41) is 7.24. The first-order valence-electron chi connectivity index (χ1n) is 11.0. The summed E-state index contributed by atoms with van der Waals surface area (Å²) in [6, 6.07) is 13.8. The van der Waals surface area contributed by atoms with Crippen molar-refractivity contribution in [2.24, 2.45) is 0 Å². The first-order chi connectivity index (χ1) is 16.0. The van der Waals surface area contributed by atoms with Gasteiger partial charge in [0.1, 0.15) is 5.69 Å². The van der Waals surface area contributed by atoms with Crippen molar-refractivity contribution in [3.8, 4) is 28.5 Å². The number of hydrogen-bond donors (Lipinski definition) is 1. The van der Waals surface area contributed by atoms with Crippen LogP contribution in [-0.4, -0.2) is 73.4 Å². The van der Waals surface area contributed by atoms with Crippen molar-refractivity contribution in [3.63, 3.8) is 0 Å². The number of aromatic nitrogens is 2. The van der Waals surface area contributed by atoms with E-state index in [0.717, 1.165) is 29.9 Å². The molecule has 1 aliphatic rings. The zero-order valence-corrected chi connectivity index (χ0v) is 19.6. The maximum absolute atomic E-state index is 13.0. The maximum atomic E-state index is 13.0. The fraction of sp³-hybridized carbons (Fsp3) is 0.360. The number of amides is 1. The molecule has 0 radical (unpaired) electrons. The summed E-state index contributed by atoms with van der Waals surface area (Å²) in [5.41, 5.74) is 4.49. The molecule has 0 bridgehead atoms. The normalized spacial score (nSPS) is 14.2. The van der Waals surface area contributed by atoms with E-state index in [1.165, 1.54) is 5.56 Å². The molecule has 4 rings (SSSR count). The van der Waals surface area contributed by atoms with Gasteiger partial charge in [0, 0.05) is 43.9 Å². The Labute approximate surface area is 194 Å². The number of carbonyl (C=O) groups is 1. The Morgan fingerprint density at radius 1 is 0.939 bits per heavy atom. The second-order valence-corrected chi connectivity index (χ2v) is 8.09. The molecule has 1 saturated heterocycles. The fourth-order valence-electron chi connectivity index (χ4n) is 4.11. The summed E-state index contributed by atoms with van der Waals surface area (Å²) in [4.78, 5) is 17.2. The lowest BCUT2D eigenvalue weighted by atomic mass is 10.1. The number of hydrogen-bond acceptors (Lipinski definition) is 6. The highest BCUT2D eigenvalue weighted by Crippen LogP contribution is 2.40. The van der Waals surface area contributed by atoms with Crippen molar-refractivity contribution in [3.05, 3.63) is 59.3 Å². The molecular weight excluding hydrogens is 420 g/mol. The molecule has 0 spiro atoms. The van der Waals surface area contributed by atoms with Gasteiger partial charge in [-0.2, -0.15) is 5.10 Å². The molecule has 1 amide bonds. The Bertz CT molecular complexity index is 1100. The zero-order valence-electron chi connectivity index (χ0n) is 19.6. The number of benzene rings is 2. The fourth-order valence-corrected chi connectivity index (χ4v) is 4.11. The van der Waals surface area contributed by atoms with Gasteiger partial charge in [0.25, 0.3) is 5.91 Å². The van der Waals surface area contributed by atoms with Crippen molar-refractivity contribution in [1.29, 1.82) is 0 Å². The Morgan fingerprint density at radius 3 is 2.27 bits per heavy atom. The summed E-state index contributed by atoms with van der Waals surface area (Å²) in [6.07, 6.45) is 0. The van der Waals surface area contributed by atoms with E-state index in [1.807, 2.05) is 54.3 Å². The van der Waals surface area contributed by atoms with Crippen molar-refractivity contribution in [2.75, 3.05) is 47.5 Å². The molecule has 33 heavy (non-hydrogen) atoms. The molecule has 0 aliphatic carbocycles. The highest BCUT2D eigenvalue weighted by molar-refractivity contribution is 5.93. The minimum atomic E-state index is -0.0239. The van der Waals surface area contributed by atoms with Crippen molar-refractivity contribution in [1.82, 2.24) is 20.0 Å². The van der Waals surface area contributed by atoms with Gasteiger partial charge >= 0.3 is 0 Å². The van der Waals surface area contributed by atoms with Gasteiger partial charge in [0.15, 0.2) is 11.5 Å². The van der Waals surface area contributed by atoms with Crippen molar-refractivity contribution < 1.29 is 19.0 Å². The van der Waals surface area contributed by atoms with Crippen LogP contribution in [-0.2, 0) is 6.54 Å². The van der Waals surface area contributed by atoms with Gasteiger partial charge in [-0.05, 0) is 19.1 Å². The van der Waals surface area contributed by atoms with E-state index in [1.54, 1.807) is 21.3 Å². The lowest BCUT2D eigenvalue weighted by Crippen LogP contribution is -2.48. The predicted molar refractivity (Wildman–Crippen MR) is 126 cm³/mol. The number of aromatic amines is 1. The first-order valence-corrected chi connectivity index (χ1v) is 11.0. The Balaban J connectivity index is 1.38. The molecule has 2 heterocycles. The van der Waals surface area contributed by atoms with E-state index >= 15 is 0 Å². The third kappa shape index (κ3) is 4.80. The lowest BCUT2D eigenvalue weighted by molar-refractivity contribution is 0.0621. The lowest BCUT2D eigenvalue weighted by Gasteiger charge is -2.34. The van der Waals surface area contributed by atoms with Crippen LogP contribution in [0, 0.1) is 6.92 Å². The minimum Gasteiger partial charge on any atom is -0.493 e. The van der Waals surface area contributed by atoms with E-state index in [-0.39, 0.29) is 5.91 Å². The first kappa shape index (κ1) is 22.7. The number of ether oxygens (including phenoxy) is 3. The summed E-state index contributed by atoms with van der Waals surface area (Å²) >= 11 is 0. The van der Waals surface area contributed by atoms with Crippen LogP contribution in [0.15, 0.2) is 42.5 Å². The molecule has 8 heteroatoms. The molecule has 1 aliphatic heterocycles. The summed E-state index contributed by atoms with van der Waals surface area (Å²) in [6.45, 7) is 5.57. The molecule has 3 aromatic rings. The Hall–Kier alpha value is -3.52. The Morgan fingerprint density at radius 2 is 1.64 bits per heavy atom. The second-order valence-electron chi connectivity index (χ2n) is 8.09. The SMILES string of the molecule is COc1ccc(CN2CCN(C(=O)c3cc(-c4ccc(C)cc4)n[nH]3)CC2)c(OC)c1OC. The van der Waals surface area contributed by atoms with Crippen molar-refractivity contribution in [2.45, 2.75) is 13.5 Å². The molecule has 0 saturated carbocycles. The minimum absolute atomic E-state index is 0.0239. The van der Waals surface area contributed by atoms with Crippen LogP contribution in [0.1, 0.15) is 21.6 Å². The molecule has 174 valence electrons. The van der Waals surface area contributed by atoms with E-state index in [0.29, 0.717) is 42.6 Å². The van der Waals surface area contributed by atoms with Crippen LogP contribution in [0.3, 0.4) is 0 Å². The van der Waals surface area contributed by atoms with Crippen LogP contribution in [0.2, 0.25) is 0 Å². The van der Waals surface area contributed by atoms with E-state index in [9.17, 15) is 4.79 Å². The van der Waals surface area contributed by atoms with Crippen LogP contribution >= 0.6 is 0 Å². The highest BCUT2D eigenvalue weighted by atomic mass is 16.5. The second kappa shape index (κ2) is 9.95. The molecule has 8 nitrogen and oxygen atoms in total. The molecule has 1 N–H and O–H groups in total. The smallest absolute Gasteiger partial charge is 0.271 e. The average Bonchev–Trinajstić information content (AvgIpc) is 3.34.